The van der Waals surface area contributed by atoms with Gasteiger partial charge in [-0.15, -0.1) is 0 Å². The number of aliphatic imine (C=N–C) groups is 1. The number of rotatable bonds is 4. The number of aromatic nitrogens is 1. The number of nitrogens with zero attached hydrogens (tertiary/aromatic N) is 2. The van der Waals surface area contributed by atoms with Gasteiger partial charge in [0.1, 0.15) is 0 Å². The Hall–Kier alpha value is -2.30. The van der Waals surface area contributed by atoms with E-state index in [1.807, 2.05) is 27.0 Å². The summed E-state index contributed by atoms with van der Waals surface area (Å²) >= 11 is 0. The maximum absolute atomic E-state index is 8.34. The molecule has 2 rings (SSSR count). The van der Waals surface area contributed by atoms with Gasteiger partial charge in [0.05, 0.1) is 35.2 Å². The molecule has 0 spiro atoms. The van der Waals surface area contributed by atoms with Gasteiger partial charge < -0.3 is 16.1 Å². The van der Waals surface area contributed by atoms with Crippen molar-refractivity contribution >= 4 is 28.5 Å². The van der Waals surface area contributed by atoms with E-state index < -0.39 is 0 Å². The molecule has 1 atom stereocenters. The average Bonchev–Trinajstić information content (AvgIpc) is 2.51. The van der Waals surface area contributed by atoms with Crippen LogP contribution in [0.4, 0.5) is 11.4 Å². The molecular formula is C16H21N5. The number of hydrogen-bond donors (Lipinski definition) is 3. The highest BCUT2D eigenvalue weighted by atomic mass is 14.9. The fraction of sp³-hybridized carbons (Fsp3) is 0.375. The quantitative estimate of drug-likeness (QED) is 0.740. The third-order valence-corrected chi connectivity index (χ3v) is 3.89. The van der Waals surface area contributed by atoms with Crippen molar-refractivity contribution in [2.75, 3.05) is 12.4 Å². The highest BCUT2D eigenvalue weighted by Crippen LogP contribution is 2.33. The second-order valence-corrected chi connectivity index (χ2v) is 5.20. The minimum Gasteiger partial charge on any atom is -0.387 e. The number of pyridine rings is 1. The maximum atomic E-state index is 8.34. The summed E-state index contributed by atoms with van der Waals surface area (Å²) < 4.78 is 0. The predicted molar refractivity (Wildman–Crippen MR) is 88.6 cm³/mol. The van der Waals surface area contributed by atoms with Gasteiger partial charge in [0, 0.05) is 30.7 Å². The molecule has 0 aromatic carbocycles. The Bertz CT molecular complexity index is 655. The molecule has 0 saturated heterocycles. The summed E-state index contributed by atoms with van der Waals surface area (Å²) in [5, 5.41) is 19.2. The zero-order chi connectivity index (χ0) is 15.6. The van der Waals surface area contributed by atoms with Crippen molar-refractivity contribution in [3.63, 3.8) is 0 Å². The minimum absolute atomic E-state index is 0.222. The SMILES string of the molecule is C/C=C1/Cc2c(cncc2NC)N=C1C(=N)C(C)C(C)=N. The first kappa shape index (κ1) is 15.1. The van der Waals surface area contributed by atoms with E-state index in [9.17, 15) is 0 Å². The summed E-state index contributed by atoms with van der Waals surface area (Å²) in [7, 11) is 1.87. The van der Waals surface area contributed by atoms with Crippen LogP contribution in [0.15, 0.2) is 29.0 Å². The molecule has 1 aliphatic heterocycles. The van der Waals surface area contributed by atoms with E-state index in [1.54, 1.807) is 19.3 Å². The topological polar surface area (TPSA) is 85.0 Å². The van der Waals surface area contributed by atoms with Crippen LogP contribution < -0.4 is 5.32 Å². The number of anilines is 1. The highest BCUT2D eigenvalue weighted by molar-refractivity contribution is 6.51. The van der Waals surface area contributed by atoms with Crippen LogP contribution in [0.2, 0.25) is 0 Å². The molecule has 21 heavy (non-hydrogen) atoms. The van der Waals surface area contributed by atoms with Crippen molar-refractivity contribution in [1.29, 1.82) is 10.8 Å². The molecule has 1 unspecified atom stereocenters. The Morgan fingerprint density at radius 1 is 1.38 bits per heavy atom. The van der Waals surface area contributed by atoms with Crippen LogP contribution in [0.5, 0.6) is 0 Å². The second kappa shape index (κ2) is 5.99. The highest BCUT2D eigenvalue weighted by Gasteiger charge is 2.25. The Morgan fingerprint density at radius 2 is 2.10 bits per heavy atom. The fourth-order valence-corrected chi connectivity index (χ4v) is 2.33. The lowest BCUT2D eigenvalue weighted by Crippen LogP contribution is -2.29. The van der Waals surface area contributed by atoms with E-state index in [2.05, 4.69) is 15.3 Å². The largest absolute Gasteiger partial charge is 0.387 e. The molecule has 1 aromatic rings. The third-order valence-electron chi connectivity index (χ3n) is 3.89. The van der Waals surface area contributed by atoms with Crippen molar-refractivity contribution in [3.05, 3.63) is 29.6 Å². The summed E-state index contributed by atoms with van der Waals surface area (Å²) in [6, 6.07) is 0. The molecule has 1 aromatic heterocycles. The van der Waals surface area contributed by atoms with Gasteiger partial charge in [-0.3, -0.25) is 4.98 Å². The Morgan fingerprint density at radius 3 is 2.67 bits per heavy atom. The molecule has 110 valence electrons. The first-order valence-corrected chi connectivity index (χ1v) is 7.02. The van der Waals surface area contributed by atoms with E-state index in [-0.39, 0.29) is 5.92 Å². The molecule has 0 saturated carbocycles. The van der Waals surface area contributed by atoms with Crippen LogP contribution in [-0.2, 0) is 6.42 Å². The standard InChI is InChI=1S/C16H21N5/c1-5-11-6-12-13(19-4)7-20-8-14(12)21-16(11)15(18)9(2)10(3)17/h5,7-9,17-19H,6H2,1-4H3/b11-5-,17-10?,18-15?. The summed E-state index contributed by atoms with van der Waals surface area (Å²) in [4.78, 5) is 8.83. The smallest absolute Gasteiger partial charge is 0.0884 e. The molecule has 0 bridgehead atoms. The number of nitrogens with one attached hydrogen (secondary N) is 3. The van der Waals surface area contributed by atoms with Crippen molar-refractivity contribution in [2.45, 2.75) is 27.2 Å². The molecule has 0 aliphatic carbocycles. The lowest BCUT2D eigenvalue weighted by Gasteiger charge is -2.23. The Kier molecular flexibility index (Phi) is 4.31. The van der Waals surface area contributed by atoms with E-state index >= 15 is 0 Å². The van der Waals surface area contributed by atoms with Gasteiger partial charge in [-0.05, 0) is 19.4 Å². The zero-order valence-electron chi connectivity index (χ0n) is 12.9. The lowest BCUT2D eigenvalue weighted by molar-refractivity contribution is 1.03. The third kappa shape index (κ3) is 2.77. The van der Waals surface area contributed by atoms with Crippen LogP contribution in [0, 0.1) is 16.7 Å². The van der Waals surface area contributed by atoms with Gasteiger partial charge in [-0.1, -0.05) is 13.0 Å². The molecule has 5 heteroatoms. The van der Waals surface area contributed by atoms with E-state index in [0.717, 1.165) is 28.9 Å². The molecule has 1 aliphatic rings. The monoisotopic (exact) mass is 283 g/mol. The van der Waals surface area contributed by atoms with Crippen LogP contribution >= 0.6 is 0 Å². The lowest BCUT2D eigenvalue weighted by atomic mass is 9.88. The van der Waals surface area contributed by atoms with Gasteiger partial charge in [0.2, 0.25) is 0 Å². The molecule has 0 amide bonds. The van der Waals surface area contributed by atoms with Gasteiger partial charge in [0.25, 0.3) is 0 Å². The first-order chi connectivity index (χ1) is 9.99. The van der Waals surface area contributed by atoms with Crippen molar-refractivity contribution in [2.24, 2.45) is 10.9 Å². The predicted octanol–water partition coefficient (Wildman–Crippen LogP) is 3.39. The van der Waals surface area contributed by atoms with Gasteiger partial charge >= 0.3 is 0 Å². The zero-order valence-corrected chi connectivity index (χ0v) is 12.9. The van der Waals surface area contributed by atoms with Gasteiger partial charge in [0.15, 0.2) is 0 Å². The summed E-state index contributed by atoms with van der Waals surface area (Å²) in [5.41, 5.74) is 5.47. The summed E-state index contributed by atoms with van der Waals surface area (Å²) in [5.74, 6) is -0.222. The number of hydrogen-bond acceptors (Lipinski definition) is 5. The average molecular weight is 283 g/mol. The summed E-state index contributed by atoms with van der Waals surface area (Å²) in [6.07, 6.45) is 6.26. The normalized spacial score (nSPS) is 17.0. The van der Waals surface area contributed by atoms with Crippen LogP contribution in [0.25, 0.3) is 0 Å². The number of allylic oxidation sites excluding steroid dienone is 2. The minimum atomic E-state index is -0.222. The molecule has 5 nitrogen and oxygen atoms in total. The maximum Gasteiger partial charge on any atom is 0.0884 e. The molecular weight excluding hydrogens is 262 g/mol. The van der Waals surface area contributed by atoms with E-state index in [0.29, 0.717) is 17.1 Å². The molecule has 2 heterocycles. The van der Waals surface area contributed by atoms with Crippen LogP contribution in [0.3, 0.4) is 0 Å². The first-order valence-electron chi connectivity index (χ1n) is 7.02. The summed E-state index contributed by atoms with van der Waals surface area (Å²) in [6.45, 7) is 5.57. The van der Waals surface area contributed by atoms with Gasteiger partial charge in [-0.25, -0.2) is 4.99 Å². The molecule has 0 radical (unpaired) electrons. The van der Waals surface area contributed by atoms with Crippen LogP contribution in [0.1, 0.15) is 26.3 Å². The van der Waals surface area contributed by atoms with E-state index in [1.165, 1.54) is 0 Å². The second-order valence-electron chi connectivity index (χ2n) is 5.20. The molecule has 0 fully saturated rings. The van der Waals surface area contributed by atoms with Crippen LogP contribution in [-0.4, -0.2) is 29.2 Å². The van der Waals surface area contributed by atoms with Gasteiger partial charge in [-0.2, -0.15) is 0 Å². The van der Waals surface area contributed by atoms with Crippen molar-refractivity contribution < 1.29 is 0 Å². The van der Waals surface area contributed by atoms with Crippen molar-refractivity contribution in [1.82, 2.24) is 4.98 Å². The van der Waals surface area contributed by atoms with E-state index in [4.69, 9.17) is 10.8 Å². The Balaban J connectivity index is 2.52. The molecule has 3 N–H and O–H groups in total. The Labute approximate surface area is 125 Å². The number of fused-ring (bicyclic) bond motifs is 1. The fourth-order valence-electron chi connectivity index (χ4n) is 2.33. The van der Waals surface area contributed by atoms with Crippen molar-refractivity contribution in [3.8, 4) is 0 Å².